The predicted molar refractivity (Wildman–Crippen MR) is 155 cm³/mol. The normalized spacial score (nSPS) is 11.5. The highest BCUT2D eigenvalue weighted by molar-refractivity contribution is 5.85. The Morgan fingerprint density at radius 2 is 0.853 bits per heavy atom. The summed E-state index contributed by atoms with van der Waals surface area (Å²) >= 11 is 0. The number of nitrogens with zero attached hydrogens (tertiary/aromatic N) is 3. The van der Waals surface area contributed by atoms with Crippen molar-refractivity contribution >= 4 is 46.3 Å². The first kappa shape index (κ1) is 27.0. The lowest BCUT2D eigenvalue weighted by atomic mass is 10.1. The molecule has 2 rings (SSSR count). The van der Waals surface area contributed by atoms with Gasteiger partial charge in [-0.2, -0.15) is 0 Å². The van der Waals surface area contributed by atoms with Gasteiger partial charge in [0.15, 0.2) is 0 Å². The maximum absolute atomic E-state index is 6.63. The lowest BCUT2D eigenvalue weighted by molar-refractivity contribution is 0.854. The second-order valence-corrected chi connectivity index (χ2v) is 8.25. The zero-order valence-corrected chi connectivity index (χ0v) is 21.9. The van der Waals surface area contributed by atoms with Crippen LogP contribution in [0.25, 0.3) is 12.2 Å². The monoisotopic (exact) mass is 464 g/mol. The summed E-state index contributed by atoms with van der Waals surface area (Å²) in [5.41, 5.74) is 26.5. The van der Waals surface area contributed by atoms with Crippen molar-refractivity contribution in [3.63, 3.8) is 0 Å². The van der Waals surface area contributed by atoms with Gasteiger partial charge in [-0.1, -0.05) is 24.3 Å². The summed E-state index contributed by atoms with van der Waals surface area (Å²) in [5.74, 6) is 0. The number of benzene rings is 2. The molecule has 2 aromatic rings. The fourth-order valence-corrected chi connectivity index (χ4v) is 4.33. The van der Waals surface area contributed by atoms with Crippen LogP contribution in [0.2, 0.25) is 0 Å². The number of hydrogen-bond acceptors (Lipinski definition) is 6. The maximum atomic E-state index is 6.63. The quantitative estimate of drug-likeness (QED) is 0.276. The highest BCUT2D eigenvalue weighted by Crippen LogP contribution is 2.35. The minimum atomic E-state index is 0.610. The number of nitrogens with two attached hydrogens (primary N) is 3. The van der Waals surface area contributed by atoms with Gasteiger partial charge in [-0.25, -0.2) is 0 Å². The van der Waals surface area contributed by atoms with E-state index in [1.54, 1.807) is 0 Å². The summed E-state index contributed by atoms with van der Waals surface area (Å²) in [7, 11) is 0. The van der Waals surface area contributed by atoms with E-state index in [2.05, 4.69) is 92.7 Å². The summed E-state index contributed by atoms with van der Waals surface area (Å²) < 4.78 is 0. The Morgan fingerprint density at radius 1 is 0.529 bits per heavy atom. The van der Waals surface area contributed by atoms with Crippen molar-refractivity contribution in [2.75, 3.05) is 71.2 Å². The molecular formula is C28H44N6. The second kappa shape index (κ2) is 12.8. The molecule has 0 saturated carbocycles. The molecule has 0 spiro atoms. The Kier molecular flexibility index (Phi) is 10.2. The molecule has 186 valence electrons. The van der Waals surface area contributed by atoms with Gasteiger partial charge in [0.05, 0.1) is 34.1 Å². The van der Waals surface area contributed by atoms with Crippen molar-refractivity contribution in [3.8, 4) is 0 Å². The second-order valence-electron chi connectivity index (χ2n) is 8.25. The highest BCUT2D eigenvalue weighted by atomic mass is 15.2. The molecule has 0 atom stereocenters. The van der Waals surface area contributed by atoms with E-state index in [0.29, 0.717) is 11.4 Å². The Labute approximate surface area is 206 Å². The van der Waals surface area contributed by atoms with Crippen LogP contribution in [0, 0.1) is 0 Å². The minimum absolute atomic E-state index is 0.610. The molecule has 6 N–H and O–H groups in total. The minimum Gasteiger partial charge on any atom is -0.397 e. The van der Waals surface area contributed by atoms with Crippen molar-refractivity contribution in [3.05, 3.63) is 47.5 Å². The van der Waals surface area contributed by atoms with E-state index in [-0.39, 0.29) is 0 Å². The largest absolute Gasteiger partial charge is 0.397 e. The first-order valence-corrected chi connectivity index (χ1v) is 12.6. The average molecular weight is 465 g/mol. The van der Waals surface area contributed by atoms with E-state index in [0.717, 1.165) is 73.1 Å². The van der Waals surface area contributed by atoms with Gasteiger partial charge in [-0.15, -0.1) is 0 Å². The van der Waals surface area contributed by atoms with E-state index in [1.807, 2.05) is 12.1 Å². The molecule has 0 unspecified atom stereocenters. The summed E-state index contributed by atoms with van der Waals surface area (Å²) in [6.07, 6.45) is 8.30. The molecule has 0 fully saturated rings. The Hall–Kier alpha value is -3.28. The average Bonchev–Trinajstić information content (AvgIpc) is 2.84. The van der Waals surface area contributed by atoms with E-state index in [4.69, 9.17) is 17.2 Å². The number of allylic oxidation sites excluding steroid dienone is 2. The fraction of sp³-hybridized carbons (Fsp3) is 0.429. The van der Waals surface area contributed by atoms with E-state index < -0.39 is 0 Å². The smallest absolute Gasteiger partial charge is 0.0790 e. The van der Waals surface area contributed by atoms with Crippen molar-refractivity contribution in [1.82, 2.24) is 0 Å². The van der Waals surface area contributed by atoms with Crippen LogP contribution in [0.4, 0.5) is 34.1 Å². The van der Waals surface area contributed by atoms with Crippen molar-refractivity contribution in [2.24, 2.45) is 0 Å². The molecule has 0 radical (unpaired) electrons. The maximum Gasteiger partial charge on any atom is 0.0790 e. The molecule has 0 aliphatic carbocycles. The van der Waals surface area contributed by atoms with Crippen LogP contribution in [0.3, 0.4) is 0 Å². The molecule has 0 aliphatic heterocycles. The lowest BCUT2D eigenvalue weighted by Crippen LogP contribution is -2.26. The van der Waals surface area contributed by atoms with E-state index in [9.17, 15) is 0 Å². The van der Waals surface area contributed by atoms with Gasteiger partial charge in [-0.3, -0.25) is 0 Å². The summed E-state index contributed by atoms with van der Waals surface area (Å²) in [6, 6.07) is 8.38. The lowest BCUT2D eigenvalue weighted by Gasteiger charge is -2.29. The Morgan fingerprint density at radius 3 is 1.21 bits per heavy atom. The summed E-state index contributed by atoms with van der Waals surface area (Å²) in [6.45, 7) is 18.3. The van der Waals surface area contributed by atoms with Crippen LogP contribution in [0.5, 0.6) is 0 Å². The van der Waals surface area contributed by atoms with E-state index >= 15 is 0 Å². The summed E-state index contributed by atoms with van der Waals surface area (Å²) in [5, 5.41) is 0. The van der Waals surface area contributed by atoms with Gasteiger partial charge in [0.1, 0.15) is 0 Å². The van der Waals surface area contributed by atoms with Gasteiger partial charge in [-0.05, 0) is 76.9 Å². The topological polar surface area (TPSA) is 87.8 Å². The van der Waals surface area contributed by atoms with Crippen molar-refractivity contribution in [1.29, 1.82) is 0 Å². The molecule has 0 bridgehead atoms. The number of hydrogen-bond donors (Lipinski definition) is 3. The highest BCUT2D eigenvalue weighted by Gasteiger charge is 2.15. The standard InChI is InChI=1S/C28H44N6/c1-7-32(8-2)24-18-21(17-23(29)27(24)30)15-13-14-16-22-19-25(33(9-3)10-4)28(31)26(20-22)34(11-5)12-6/h13-20H,7-12,29-31H2,1-6H3/b15-13+,16-14+. The fourth-order valence-electron chi connectivity index (χ4n) is 4.33. The number of rotatable bonds is 12. The van der Waals surface area contributed by atoms with E-state index in [1.165, 1.54) is 0 Å². The first-order valence-electron chi connectivity index (χ1n) is 12.6. The van der Waals surface area contributed by atoms with Gasteiger partial charge in [0.25, 0.3) is 0 Å². The Bertz CT molecular complexity index is 950. The van der Waals surface area contributed by atoms with Gasteiger partial charge >= 0.3 is 0 Å². The molecular weight excluding hydrogens is 420 g/mol. The van der Waals surface area contributed by atoms with Crippen LogP contribution in [-0.4, -0.2) is 39.3 Å². The molecule has 0 amide bonds. The third-order valence-electron chi connectivity index (χ3n) is 6.37. The van der Waals surface area contributed by atoms with Crippen LogP contribution in [0.15, 0.2) is 36.4 Å². The molecule has 0 heterocycles. The first-order chi connectivity index (χ1) is 16.3. The molecule has 0 saturated heterocycles. The van der Waals surface area contributed by atoms with Crippen molar-refractivity contribution < 1.29 is 0 Å². The molecule has 0 aromatic heterocycles. The van der Waals surface area contributed by atoms with Crippen molar-refractivity contribution in [2.45, 2.75) is 41.5 Å². The molecule has 34 heavy (non-hydrogen) atoms. The number of anilines is 6. The Balaban J connectivity index is 2.40. The summed E-state index contributed by atoms with van der Waals surface area (Å²) in [4.78, 5) is 6.83. The van der Waals surface area contributed by atoms with Crippen LogP contribution in [0.1, 0.15) is 52.7 Å². The van der Waals surface area contributed by atoms with Crippen LogP contribution >= 0.6 is 0 Å². The molecule has 2 aromatic carbocycles. The molecule has 6 nitrogen and oxygen atoms in total. The third kappa shape index (κ3) is 6.19. The van der Waals surface area contributed by atoms with Crippen LogP contribution in [-0.2, 0) is 0 Å². The molecule has 6 heteroatoms. The SMILES string of the molecule is CCN(CC)c1cc(/C=C/C=C/c2cc(N(CC)CC)c(N)c(N(CC)CC)c2)cc(N)c1N. The van der Waals surface area contributed by atoms with Gasteiger partial charge < -0.3 is 31.9 Å². The van der Waals surface area contributed by atoms with Gasteiger partial charge in [0, 0.05) is 39.3 Å². The predicted octanol–water partition coefficient (Wildman–Crippen LogP) is 5.70. The zero-order valence-electron chi connectivity index (χ0n) is 21.9. The third-order valence-corrected chi connectivity index (χ3v) is 6.37. The molecule has 0 aliphatic rings. The number of nitrogen functional groups attached to an aromatic ring is 3. The van der Waals surface area contributed by atoms with Gasteiger partial charge in [0.2, 0.25) is 0 Å². The van der Waals surface area contributed by atoms with Crippen LogP contribution < -0.4 is 31.9 Å². The zero-order chi connectivity index (χ0) is 25.3.